The number of carbonyl (C=O) groups is 1. The molecule has 0 saturated heterocycles. The summed E-state index contributed by atoms with van der Waals surface area (Å²) in [7, 11) is 0. The van der Waals surface area contributed by atoms with Crippen molar-refractivity contribution in [2.24, 2.45) is 0 Å². The average molecular weight is 442 g/mol. The van der Waals surface area contributed by atoms with E-state index in [1.807, 2.05) is 30.3 Å². The van der Waals surface area contributed by atoms with Crippen LogP contribution < -0.4 is 10.9 Å². The summed E-state index contributed by atoms with van der Waals surface area (Å²) in [5.41, 5.74) is 1.83. The number of halogens is 2. The number of hydrogen-bond donors (Lipinski definition) is 1. The second kappa shape index (κ2) is 8.69. The second-order valence-electron chi connectivity index (χ2n) is 6.68. The summed E-state index contributed by atoms with van der Waals surface area (Å²) in [6, 6.07) is 14.5. The number of nitrogens with zero attached hydrogens (tertiary/aromatic N) is 4. The van der Waals surface area contributed by atoms with Gasteiger partial charge in [0.25, 0.3) is 5.56 Å². The van der Waals surface area contributed by atoms with Crippen LogP contribution in [-0.2, 0) is 17.8 Å². The maximum atomic E-state index is 12.8. The van der Waals surface area contributed by atoms with Crippen LogP contribution in [0, 0.1) is 0 Å². The molecule has 2 heterocycles. The highest BCUT2D eigenvalue weighted by Gasteiger charge is 2.13. The van der Waals surface area contributed by atoms with Crippen molar-refractivity contribution in [3.05, 3.63) is 87.0 Å². The van der Waals surface area contributed by atoms with Crippen molar-refractivity contribution >= 4 is 40.1 Å². The number of rotatable bonds is 6. The van der Waals surface area contributed by atoms with Crippen LogP contribution in [0.2, 0.25) is 10.0 Å². The van der Waals surface area contributed by atoms with Gasteiger partial charge in [-0.15, -0.1) is 0 Å². The van der Waals surface area contributed by atoms with Gasteiger partial charge in [0, 0.05) is 16.6 Å². The van der Waals surface area contributed by atoms with Gasteiger partial charge in [0.1, 0.15) is 18.3 Å². The van der Waals surface area contributed by atoms with E-state index in [4.69, 9.17) is 23.2 Å². The van der Waals surface area contributed by atoms with Gasteiger partial charge in [-0.25, -0.2) is 9.67 Å². The molecule has 152 valence electrons. The molecule has 0 aliphatic rings. The number of hydrogen-bond acceptors (Lipinski definition) is 4. The van der Waals surface area contributed by atoms with Crippen molar-refractivity contribution in [2.75, 3.05) is 6.54 Å². The summed E-state index contributed by atoms with van der Waals surface area (Å²) in [5, 5.41) is 8.61. The zero-order valence-corrected chi connectivity index (χ0v) is 17.3. The van der Waals surface area contributed by atoms with Gasteiger partial charge >= 0.3 is 0 Å². The Balaban J connectivity index is 1.45. The molecule has 9 heteroatoms. The fraction of sp³-hybridized carbons (Fsp3) is 0.143. The van der Waals surface area contributed by atoms with Gasteiger partial charge in [-0.2, -0.15) is 5.10 Å². The molecule has 0 fully saturated rings. The molecule has 1 N–H and O–H groups in total. The van der Waals surface area contributed by atoms with E-state index in [2.05, 4.69) is 15.4 Å². The van der Waals surface area contributed by atoms with E-state index in [1.54, 1.807) is 22.9 Å². The Hall–Kier alpha value is -3.16. The topological polar surface area (TPSA) is 81.8 Å². The Morgan fingerprint density at radius 3 is 2.63 bits per heavy atom. The van der Waals surface area contributed by atoms with Crippen LogP contribution in [0.25, 0.3) is 16.7 Å². The summed E-state index contributed by atoms with van der Waals surface area (Å²) in [5.74, 6) is -0.269. The molecule has 0 bridgehead atoms. The molecule has 0 saturated carbocycles. The minimum absolute atomic E-state index is 0.120. The molecule has 0 unspecified atom stereocenters. The minimum Gasteiger partial charge on any atom is -0.354 e. The SMILES string of the molecule is O=C(Cn1cnc2c(cnn2-c2cccc(Cl)c2)c1=O)NCCc1ccc(Cl)cc1. The molecular formula is C21H17Cl2N5O2. The molecule has 0 spiro atoms. The largest absolute Gasteiger partial charge is 0.354 e. The van der Waals surface area contributed by atoms with Crippen LogP contribution in [0.5, 0.6) is 0 Å². The first kappa shape index (κ1) is 20.1. The third-order valence-electron chi connectivity index (χ3n) is 4.57. The van der Waals surface area contributed by atoms with E-state index >= 15 is 0 Å². The highest BCUT2D eigenvalue weighted by Crippen LogP contribution is 2.17. The van der Waals surface area contributed by atoms with E-state index in [0.29, 0.717) is 39.7 Å². The van der Waals surface area contributed by atoms with Crippen LogP contribution in [-0.4, -0.2) is 31.8 Å². The zero-order valence-electron chi connectivity index (χ0n) is 15.8. The predicted molar refractivity (Wildman–Crippen MR) is 116 cm³/mol. The first-order chi connectivity index (χ1) is 14.5. The quantitative estimate of drug-likeness (QED) is 0.497. The molecule has 4 aromatic rings. The lowest BCUT2D eigenvalue weighted by Crippen LogP contribution is -2.33. The standard InChI is InChI=1S/C21H17Cl2N5O2/c22-15-6-4-14(5-7-15)8-9-24-19(29)12-27-13-25-20-18(21(27)30)11-26-28(20)17-3-1-2-16(23)10-17/h1-7,10-11,13H,8-9,12H2,(H,24,29). The van der Waals surface area contributed by atoms with Crippen molar-refractivity contribution in [3.63, 3.8) is 0 Å². The second-order valence-corrected chi connectivity index (χ2v) is 7.55. The van der Waals surface area contributed by atoms with Crippen molar-refractivity contribution < 1.29 is 4.79 Å². The average Bonchev–Trinajstić information content (AvgIpc) is 3.16. The highest BCUT2D eigenvalue weighted by atomic mass is 35.5. The molecule has 4 rings (SSSR count). The number of carbonyl (C=O) groups excluding carboxylic acids is 1. The van der Waals surface area contributed by atoms with Gasteiger partial charge in [0.2, 0.25) is 5.91 Å². The summed E-state index contributed by atoms with van der Waals surface area (Å²) >= 11 is 11.9. The molecule has 1 amide bonds. The fourth-order valence-electron chi connectivity index (χ4n) is 3.07. The van der Waals surface area contributed by atoms with E-state index in [-0.39, 0.29) is 18.0 Å². The fourth-order valence-corrected chi connectivity index (χ4v) is 3.38. The maximum Gasteiger partial charge on any atom is 0.264 e. The van der Waals surface area contributed by atoms with Gasteiger partial charge in [-0.1, -0.05) is 41.4 Å². The Bertz CT molecular complexity index is 1260. The predicted octanol–water partition coefficient (Wildman–Crippen LogP) is 3.25. The number of fused-ring (bicyclic) bond motifs is 1. The third kappa shape index (κ3) is 4.37. The first-order valence-corrected chi connectivity index (χ1v) is 9.97. The highest BCUT2D eigenvalue weighted by molar-refractivity contribution is 6.30. The molecule has 30 heavy (non-hydrogen) atoms. The van der Waals surface area contributed by atoms with E-state index < -0.39 is 0 Å². The maximum absolute atomic E-state index is 12.8. The van der Waals surface area contributed by atoms with Gasteiger partial charge in [0.15, 0.2) is 5.65 Å². The van der Waals surface area contributed by atoms with Gasteiger partial charge in [0.05, 0.1) is 11.9 Å². The normalized spacial score (nSPS) is 11.0. The smallest absolute Gasteiger partial charge is 0.264 e. The van der Waals surface area contributed by atoms with Crippen LogP contribution in [0.4, 0.5) is 0 Å². The summed E-state index contributed by atoms with van der Waals surface area (Å²) in [6.45, 7) is 0.336. The van der Waals surface area contributed by atoms with Gasteiger partial charge in [-0.3, -0.25) is 14.2 Å². The number of amides is 1. The molecule has 2 aromatic heterocycles. The molecule has 0 atom stereocenters. The molecule has 0 aliphatic carbocycles. The number of nitrogens with one attached hydrogen (secondary N) is 1. The lowest BCUT2D eigenvalue weighted by atomic mass is 10.1. The van der Waals surface area contributed by atoms with Crippen LogP contribution in [0.1, 0.15) is 5.56 Å². The van der Waals surface area contributed by atoms with Gasteiger partial charge in [-0.05, 0) is 42.3 Å². The third-order valence-corrected chi connectivity index (χ3v) is 5.06. The number of aromatic nitrogens is 4. The lowest BCUT2D eigenvalue weighted by molar-refractivity contribution is -0.121. The molecule has 0 aliphatic heterocycles. The first-order valence-electron chi connectivity index (χ1n) is 9.21. The molecular weight excluding hydrogens is 425 g/mol. The molecule has 2 aromatic carbocycles. The van der Waals surface area contributed by atoms with Crippen molar-refractivity contribution in [1.82, 2.24) is 24.6 Å². The summed E-state index contributed by atoms with van der Waals surface area (Å²) in [6.07, 6.45) is 3.47. The molecule has 0 radical (unpaired) electrons. The van der Waals surface area contributed by atoms with Crippen LogP contribution in [0.3, 0.4) is 0 Å². The van der Waals surface area contributed by atoms with Gasteiger partial charge < -0.3 is 5.32 Å². The Morgan fingerprint density at radius 2 is 1.87 bits per heavy atom. The monoisotopic (exact) mass is 441 g/mol. The van der Waals surface area contributed by atoms with Crippen molar-refractivity contribution in [3.8, 4) is 5.69 Å². The summed E-state index contributed by atoms with van der Waals surface area (Å²) in [4.78, 5) is 29.3. The molecule has 7 nitrogen and oxygen atoms in total. The Morgan fingerprint density at radius 1 is 1.07 bits per heavy atom. The van der Waals surface area contributed by atoms with E-state index in [1.165, 1.54) is 17.1 Å². The van der Waals surface area contributed by atoms with E-state index in [9.17, 15) is 9.59 Å². The Labute approximate surface area is 181 Å². The van der Waals surface area contributed by atoms with Crippen molar-refractivity contribution in [1.29, 1.82) is 0 Å². The van der Waals surface area contributed by atoms with Crippen LogP contribution >= 0.6 is 23.2 Å². The van der Waals surface area contributed by atoms with E-state index in [0.717, 1.165) is 5.56 Å². The minimum atomic E-state index is -0.332. The lowest BCUT2D eigenvalue weighted by Gasteiger charge is -2.08. The Kier molecular flexibility index (Phi) is 5.83. The van der Waals surface area contributed by atoms with Crippen molar-refractivity contribution in [2.45, 2.75) is 13.0 Å². The van der Waals surface area contributed by atoms with Crippen LogP contribution in [0.15, 0.2) is 65.8 Å². The zero-order chi connectivity index (χ0) is 21.1. The summed E-state index contributed by atoms with van der Waals surface area (Å²) < 4.78 is 2.81. The number of benzene rings is 2.